The van der Waals surface area contributed by atoms with Gasteiger partial charge in [0, 0.05) is 18.9 Å². The standard InChI is InChI=1S/C26H32O7/c1-6-7-8-17(2)21(22-15-19(26(29)31-5)9-12-23(22)30-4)11-14-24(32-18(3)28)25-13-10-20(16-27)33-25/h9-13,15,24,27H,2,6-8,14,16H2,1,3-5H3/b21-11-/t24-/m0/s1. The van der Waals surface area contributed by atoms with Crippen molar-refractivity contribution in [3.8, 4) is 5.75 Å². The molecule has 1 atom stereocenters. The van der Waals surface area contributed by atoms with E-state index in [0.717, 1.165) is 30.4 Å². The second-order valence-corrected chi connectivity index (χ2v) is 7.53. The molecule has 0 aliphatic heterocycles. The number of benzene rings is 1. The molecule has 0 saturated carbocycles. The molecular formula is C26H32O7. The van der Waals surface area contributed by atoms with Gasteiger partial charge < -0.3 is 23.7 Å². The molecule has 0 aliphatic carbocycles. The van der Waals surface area contributed by atoms with Gasteiger partial charge in [-0.1, -0.05) is 26.0 Å². The number of carbonyl (C=O) groups is 2. The highest BCUT2D eigenvalue weighted by Crippen LogP contribution is 2.36. The Morgan fingerprint density at radius 1 is 1.21 bits per heavy atom. The number of aliphatic hydroxyl groups excluding tert-OH is 1. The molecule has 178 valence electrons. The maximum absolute atomic E-state index is 12.1. The number of rotatable bonds is 12. The number of hydrogen-bond acceptors (Lipinski definition) is 7. The minimum atomic E-state index is -0.688. The van der Waals surface area contributed by atoms with Gasteiger partial charge in [0.25, 0.3) is 0 Å². The van der Waals surface area contributed by atoms with Gasteiger partial charge in [-0.2, -0.15) is 0 Å². The quantitative estimate of drug-likeness (QED) is 0.338. The lowest BCUT2D eigenvalue weighted by atomic mass is 9.91. The van der Waals surface area contributed by atoms with E-state index in [1.165, 1.54) is 14.0 Å². The molecule has 7 nitrogen and oxygen atoms in total. The van der Waals surface area contributed by atoms with Crippen LogP contribution in [0.4, 0.5) is 0 Å². The van der Waals surface area contributed by atoms with Gasteiger partial charge in [-0.25, -0.2) is 4.79 Å². The van der Waals surface area contributed by atoms with Gasteiger partial charge in [0.1, 0.15) is 23.9 Å². The number of unbranched alkanes of at least 4 members (excludes halogenated alkanes) is 1. The summed E-state index contributed by atoms with van der Waals surface area (Å²) in [6, 6.07) is 8.38. The summed E-state index contributed by atoms with van der Waals surface area (Å²) in [7, 11) is 2.89. The first kappa shape index (κ1) is 25.9. The number of furan rings is 1. The summed E-state index contributed by atoms with van der Waals surface area (Å²) in [5.74, 6) is 0.482. The van der Waals surface area contributed by atoms with Crippen molar-refractivity contribution < 1.29 is 33.3 Å². The van der Waals surface area contributed by atoms with Crippen molar-refractivity contribution in [1.29, 1.82) is 0 Å². The van der Waals surface area contributed by atoms with E-state index in [4.69, 9.17) is 18.6 Å². The molecule has 1 N–H and O–H groups in total. The van der Waals surface area contributed by atoms with Gasteiger partial charge in [-0.05, 0) is 54.3 Å². The molecule has 7 heteroatoms. The number of hydrogen-bond donors (Lipinski definition) is 1. The fraction of sp³-hybridized carbons (Fsp3) is 0.385. The van der Waals surface area contributed by atoms with E-state index in [1.54, 1.807) is 37.4 Å². The van der Waals surface area contributed by atoms with Gasteiger partial charge in [0.15, 0.2) is 6.10 Å². The summed E-state index contributed by atoms with van der Waals surface area (Å²) in [6.07, 6.45) is 4.21. The Bertz CT molecular complexity index is 1000. The minimum absolute atomic E-state index is 0.251. The molecule has 1 heterocycles. The number of ether oxygens (including phenoxy) is 3. The molecule has 33 heavy (non-hydrogen) atoms. The summed E-state index contributed by atoms with van der Waals surface area (Å²) < 4.78 is 21.5. The number of allylic oxidation sites excluding steroid dienone is 2. The maximum atomic E-state index is 12.1. The zero-order valence-corrected chi connectivity index (χ0v) is 19.7. The third-order valence-electron chi connectivity index (χ3n) is 5.12. The van der Waals surface area contributed by atoms with Gasteiger partial charge >= 0.3 is 11.9 Å². The largest absolute Gasteiger partial charge is 0.496 e. The molecule has 1 aromatic carbocycles. The first-order chi connectivity index (χ1) is 15.8. The Morgan fingerprint density at radius 3 is 2.55 bits per heavy atom. The molecule has 1 aromatic heterocycles. The smallest absolute Gasteiger partial charge is 0.337 e. The topological polar surface area (TPSA) is 95.2 Å². The van der Waals surface area contributed by atoms with Gasteiger partial charge in [0.2, 0.25) is 0 Å². The summed E-state index contributed by atoms with van der Waals surface area (Å²) in [5, 5.41) is 9.31. The SMILES string of the molecule is C=C(CCCC)/C(=C/C[C@H](OC(C)=O)c1ccc(CO)o1)c1cc(C(=O)OC)ccc1OC. The molecule has 2 aromatic rings. The van der Waals surface area contributed by atoms with Crippen LogP contribution < -0.4 is 4.74 Å². The van der Waals surface area contributed by atoms with Crippen molar-refractivity contribution >= 4 is 17.5 Å². The highest BCUT2D eigenvalue weighted by atomic mass is 16.6. The number of carbonyl (C=O) groups excluding carboxylic acids is 2. The van der Waals surface area contributed by atoms with Crippen molar-refractivity contribution in [2.75, 3.05) is 14.2 Å². The molecule has 0 saturated heterocycles. The van der Waals surface area contributed by atoms with E-state index in [2.05, 4.69) is 13.5 Å². The van der Waals surface area contributed by atoms with E-state index < -0.39 is 18.0 Å². The van der Waals surface area contributed by atoms with Crippen LogP contribution in [0.2, 0.25) is 0 Å². The first-order valence-electron chi connectivity index (χ1n) is 10.9. The lowest BCUT2D eigenvalue weighted by Crippen LogP contribution is -2.08. The Hall–Kier alpha value is -3.32. The lowest BCUT2D eigenvalue weighted by molar-refractivity contribution is -0.147. The van der Waals surface area contributed by atoms with Gasteiger partial charge in [0.05, 0.1) is 19.8 Å². The van der Waals surface area contributed by atoms with Crippen LogP contribution in [0.25, 0.3) is 5.57 Å². The molecule has 0 bridgehead atoms. The van der Waals surface area contributed by atoms with Crippen LogP contribution in [-0.2, 0) is 20.9 Å². The van der Waals surface area contributed by atoms with Crippen molar-refractivity contribution in [1.82, 2.24) is 0 Å². The molecule has 0 aliphatic rings. The zero-order chi connectivity index (χ0) is 24.4. The number of esters is 2. The Balaban J connectivity index is 2.52. The van der Waals surface area contributed by atoms with Crippen LogP contribution in [0, 0.1) is 0 Å². The highest BCUT2D eigenvalue weighted by molar-refractivity contribution is 5.92. The van der Waals surface area contributed by atoms with Crippen LogP contribution in [0.5, 0.6) is 5.75 Å². The van der Waals surface area contributed by atoms with Crippen LogP contribution in [-0.4, -0.2) is 31.3 Å². The second kappa shape index (κ2) is 12.6. The lowest BCUT2D eigenvalue weighted by Gasteiger charge is -2.18. The predicted molar refractivity (Wildman–Crippen MR) is 125 cm³/mol. The zero-order valence-electron chi connectivity index (χ0n) is 19.7. The van der Waals surface area contributed by atoms with E-state index in [9.17, 15) is 14.7 Å². The third-order valence-corrected chi connectivity index (χ3v) is 5.12. The van der Waals surface area contributed by atoms with Gasteiger partial charge in [-0.15, -0.1) is 0 Å². The van der Waals surface area contributed by atoms with E-state index in [1.807, 2.05) is 6.08 Å². The molecular weight excluding hydrogens is 424 g/mol. The normalized spacial score (nSPS) is 12.2. The molecule has 0 radical (unpaired) electrons. The van der Waals surface area contributed by atoms with Crippen LogP contribution >= 0.6 is 0 Å². The van der Waals surface area contributed by atoms with Crippen LogP contribution in [0.1, 0.15) is 73.1 Å². The van der Waals surface area contributed by atoms with Crippen LogP contribution in [0.3, 0.4) is 0 Å². The third kappa shape index (κ3) is 7.08. The average molecular weight is 457 g/mol. The molecule has 0 amide bonds. The molecule has 2 rings (SSSR count). The Morgan fingerprint density at radius 2 is 1.97 bits per heavy atom. The first-order valence-corrected chi connectivity index (χ1v) is 10.9. The monoisotopic (exact) mass is 456 g/mol. The van der Waals surface area contributed by atoms with E-state index in [0.29, 0.717) is 34.8 Å². The maximum Gasteiger partial charge on any atom is 0.337 e. The molecule has 0 fully saturated rings. The summed E-state index contributed by atoms with van der Waals surface area (Å²) in [6.45, 7) is 7.44. The van der Waals surface area contributed by atoms with Crippen molar-refractivity contribution in [3.05, 3.63) is 71.2 Å². The second-order valence-electron chi connectivity index (χ2n) is 7.53. The summed E-state index contributed by atoms with van der Waals surface area (Å²) in [4.78, 5) is 23.9. The highest BCUT2D eigenvalue weighted by Gasteiger charge is 2.21. The fourth-order valence-corrected chi connectivity index (χ4v) is 3.43. The fourth-order valence-electron chi connectivity index (χ4n) is 3.43. The van der Waals surface area contributed by atoms with Crippen LogP contribution in [0.15, 0.2) is 53.0 Å². The minimum Gasteiger partial charge on any atom is -0.496 e. The van der Waals surface area contributed by atoms with E-state index in [-0.39, 0.29) is 6.61 Å². The van der Waals surface area contributed by atoms with Crippen molar-refractivity contribution in [3.63, 3.8) is 0 Å². The van der Waals surface area contributed by atoms with Crippen molar-refractivity contribution in [2.24, 2.45) is 0 Å². The summed E-state index contributed by atoms with van der Waals surface area (Å²) >= 11 is 0. The molecule has 0 spiro atoms. The van der Waals surface area contributed by atoms with Gasteiger partial charge in [-0.3, -0.25) is 4.79 Å². The number of methoxy groups -OCH3 is 2. The predicted octanol–water partition coefficient (Wildman–Crippen LogP) is 5.39. The van der Waals surface area contributed by atoms with E-state index >= 15 is 0 Å². The Labute approximate surface area is 194 Å². The Kier molecular flexibility index (Phi) is 9.94. The summed E-state index contributed by atoms with van der Waals surface area (Å²) in [5.41, 5.74) is 2.74. The number of aliphatic hydroxyl groups is 1. The molecule has 0 unspecified atom stereocenters. The van der Waals surface area contributed by atoms with Crippen molar-refractivity contribution in [2.45, 2.75) is 52.2 Å². The average Bonchev–Trinajstić information content (AvgIpc) is 3.30.